The first-order valence-corrected chi connectivity index (χ1v) is 10.1. The van der Waals surface area contributed by atoms with Gasteiger partial charge in [-0.25, -0.2) is 0 Å². The van der Waals surface area contributed by atoms with Crippen molar-refractivity contribution in [2.75, 3.05) is 20.2 Å². The summed E-state index contributed by atoms with van der Waals surface area (Å²) in [5.41, 5.74) is 0.958. The van der Waals surface area contributed by atoms with E-state index in [0.717, 1.165) is 35.8 Å². The van der Waals surface area contributed by atoms with Crippen LogP contribution in [0.4, 0.5) is 0 Å². The zero-order valence-corrected chi connectivity index (χ0v) is 17.3. The Labute approximate surface area is 165 Å². The van der Waals surface area contributed by atoms with Gasteiger partial charge in [-0.15, -0.1) is 11.3 Å². The van der Waals surface area contributed by atoms with Crippen LogP contribution < -0.4 is 4.74 Å². The molecule has 0 amide bonds. The molecule has 2 aromatic rings. The summed E-state index contributed by atoms with van der Waals surface area (Å²) in [6.07, 6.45) is 2.53. The third-order valence-corrected chi connectivity index (χ3v) is 6.44. The second-order valence-electron chi connectivity index (χ2n) is 8.35. The van der Waals surface area contributed by atoms with Crippen LogP contribution in [0.1, 0.15) is 32.1 Å². The van der Waals surface area contributed by atoms with Gasteiger partial charge in [-0.2, -0.15) is 0 Å². The predicted molar refractivity (Wildman–Crippen MR) is 108 cm³/mol. The Bertz CT molecular complexity index is 797. The molecule has 6 heteroatoms. The van der Waals surface area contributed by atoms with Crippen molar-refractivity contribution in [3.63, 3.8) is 0 Å². The molecule has 0 spiro atoms. The second kappa shape index (κ2) is 7.98. The van der Waals surface area contributed by atoms with Crippen LogP contribution in [-0.2, 0) is 11.3 Å². The molecular formula is C21H28N2O3S. The van der Waals surface area contributed by atoms with Crippen molar-refractivity contribution in [3.8, 4) is 16.3 Å². The van der Waals surface area contributed by atoms with Gasteiger partial charge in [-0.3, -0.25) is 14.7 Å². The van der Waals surface area contributed by atoms with E-state index in [0.29, 0.717) is 12.5 Å². The molecule has 0 radical (unpaired) electrons. The minimum absolute atomic E-state index is 0.105. The Balaban J connectivity index is 1.76. The fourth-order valence-electron chi connectivity index (χ4n) is 3.68. The van der Waals surface area contributed by atoms with E-state index < -0.39 is 5.97 Å². The van der Waals surface area contributed by atoms with Crippen LogP contribution >= 0.6 is 11.3 Å². The first-order valence-electron chi connectivity index (χ1n) is 9.31. The van der Waals surface area contributed by atoms with Crippen molar-refractivity contribution in [2.24, 2.45) is 17.3 Å². The van der Waals surface area contributed by atoms with Crippen LogP contribution in [0.2, 0.25) is 0 Å². The molecule has 1 N–H and O–H groups in total. The Hall–Kier alpha value is -1.92. The molecule has 1 aliphatic rings. The van der Waals surface area contributed by atoms with Crippen LogP contribution in [0.15, 0.2) is 30.5 Å². The molecule has 1 fully saturated rings. The van der Waals surface area contributed by atoms with Crippen molar-refractivity contribution in [1.82, 2.24) is 9.88 Å². The van der Waals surface area contributed by atoms with E-state index in [2.05, 4.69) is 42.8 Å². The Morgan fingerprint density at radius 1 is 1.33 bits per heavy atom. The summed E-state index contributed by atoms with van der Waals surface area (Å²) < 4.78 is 5.42. The number of thiophene rings is 1. The molecular weight excluding hydrogens is 360 g/mol. The van der Waals surface area contributed by atoms with Gasteiger partial charge in [0.15, 0.2) is 0 Å². The number of hydrogen-bond acceptors (Lipinski definition) is 5. The molecule has 0 bridgehead atoms. The van der Waals surface area contributed by atoms with Gasteiger partial charge in [0.1, 0.15) is 11.4 Å². The lowest BCUT2D eigenvalue weighted by atomic mass is 9.73. The van der Waals surface area contributed by atoms with Gasteiger partial charge >= 0.3 is 5.97 Å². The maximum Gasteiger partial charge on any atom is 0.307 e. The fraction of sp³-hybridized carbons (Fsp3) is 0.524. The summed E-state index contributed by atoms with van der Waals surface area (Å²) in [5.74, 6) is 0.169. The first-order chi connectivity index (χ1) is 12.8. The smallest absolute Gasteiger partial charge is 0.307 e. The molecule has 5 nitrogen and oxygen atoms in total. The molecule has 2 aromatic heterocycles. The molecule has 2 atom stereocenters. The molecule has 1 saturated heterocycles. The number of aliphatic carboxylic acids is 1. The highest BCUT2D eigenvalue weighted by Gasteiger charge is 2.37. The van der Waals surface area contributed by atoms with Gasteiger partial charge in [0.05, 0.1) is 17.9 Å². The number of ether oxygens (including phenoxy) is 1. The van der Waals surface area contributed by atoms with Crippen molar-refractivity contribution >= 4 is 17.3 Å². The number of carboxylic acid groups (broad SMARTS) is 1. The number of hydrogen-bond donors (Lipinski definition) is 1. The van der Waals surface area contributed by atoms with Crippen LogP contribution in [0.3, 0.4) is 0 Å². The summed E-state index contributed by atoms with van der Waals surface area (Å²) in [6, 6.07) is 7.97. The number of methoxy groups -OCH3 is 1. The molecule has 0 unspecified atom stereocenters. The summed E-state index contributed by atoms with van der Waals surface area (Å²) in [5, 5.41) is 9.57. The maximum atomic E-state index is 11.6. The van der Waals surface area contributed by atoms with Gasteiger partial charge < -0.3 is 9.84 Å². The first kappa shape index (κ1) is 19.8. The maximum absolute atomic E-state index is 11.6. The highest BCUT2D eigenvalue weighted by molar-refractivity contribution is 7.15. The van der Waals surface area contributed by atoms with E-state index in [-0.39, 0.29) is 11.3 Å². The fourth-order valence-corrected chi connectivity index (χ4v) is 4.73. The highest BCUT2D eigenvalue weighted by Crippen LogP contribution is 2.37. The average molecular weight is 389 g/mol. The van der Waals surface area contributed by atoms with Crippen LogP contribution in [-0.4, -0.2) is 41.2 Å². The monoisotopic (exact) mass is 388 g/mol. The quantitative estimate of drug-likeness (QED) is 0.823. The number of piperidine rings is 1. The topological polar surface area (TPSA) is 62.7 Å². The summed E-state index contributed by atoms with van der Waals surface area (Å²) in [4.78, 5) is 20.7. The lowest BCUT2D eigenvalue weighted by molar-refractivity contribution is -0.145. The standard InChI is InChI=1S/C21H28N2O3S/c1-21(2,3)15-10-14(20(24)25)11-23(12-15)13-16-7-8-18(27-16)19-17(26-4)6-5-9-22-19/h5-9,14-15H,10-13H2,1-4H3,(H,24,25)/t14-,15-/m1/s1. The minimum atomic E-state index is -0.681. The second-order valence-corrected chi connectivity index (χ2v) is 9.52. The van der Waals surface area contributed by atoms with Crippen LogP contribution in [0.25, 0.3) is 10.6 Å². The zero-order valence-electron chi connectivity index (χ0n) is 16.4. The number of pyridine rings is 1. The van der Waals surface area contributed by atoms with E-state index in [4.69, 9.17) is 4.74 Å². The van der Waals surface area contributed by atoms with E-state index in [9.17, 15) is 9.90 Å². The lowest BCUT2D eigenvalue weighted by Crippen LogP contribution is -2.46. The lowest BCUT2D eigenvalue weighted by Gasteiger charge is -2.42. The number of aromatic nitrogens is 1. The normalized spacial score (nSPS) is 21.2. The Morgan fingerprint density at radius 3 is 2.78 bits per heavy atom. The van der Waals surface area contributed by atoms with Crippen molar-refractivity contribution in [2.45, 2.75) is 33.7 Å². The number of likely N-dealkylation sites (tertiary alicyclic amines) is 1. The molecule has 0 aromatic carbocycles. The number of rotatable bonds is 5. The Morgan fingerprint density at radius 2 is 2.11 bits per heavy atom. The number of nitrogens with zero attached hydrogens (tertiary/aromatic N) is 2. The molecule has 3 heterocycles. The summed E-state index contributed by atoms with van der Waals surface area (Å²) in [6.45, 7) is 8.94. The van der Waals surface area contributed by atoms with E-state index in [1.165, 1.54) is 4.88 Å². The van der Waals surface area contributed by atoms with Gasteiger partial charge in [0.2, 0.25) is 0 Å². The number of carboxylic acids is 1. The summed E-state index contributed by atoms with van der Waals surface area (Å²) >= 11 is 1.70. The molecule has 0 saturated carbocycles. The third kappa shape index (κ3) is 4.68. The minimum Gasteiger partial charge on any atom is -0.494 e. The van der Waals surface area contributed by atoms with Crippen molar-refractivity contribution in [3.05, 3.63) is 35.3 Å². The van der Waals surface area contributed by atoms with E-state index >= 15 is 0 Å². The van der Waals surface area contributed by atoms with Crippen molar-refractivity contribution in [1.29, 1.82) is 0 Å². The van der Waals surface area contributed by atoms with Crippen LogP contribution in [0, 0.1) is 17.3 Å². The van der Waals surface area contributed by atoms with Gasteiger partial charge in [-0.05, 0) is 42.0 Å². The van der Waals surface area contributed by atoms with Gasteiger partial charge in [-0.1, -0.05) is 20.8 Å². The van der Waals surface area contributed by atoms with Crippen molar-refractivity contribution < 1.29 is 14.6 Å². The molecule has 0 aliphatic carbocycles. The van der Waals surface area contributed by atoms with Gasteiger partial charge in [0.25, 0.3) is 0 Å². The molecule has 1 aliphatic heterocycles. The van der Waals surface area contributed by atoms with E-state index in [1.54, 1.807) is 24.6 Å². The predicted octanol–water partition coefficient (Wildman–Crippen LogP) is 4.39. The number of carbonyl (C=O) groups is 1. The summed E-state index contributed by atoms with van der Waals surface area (Å²) in [7, 11) is 1.65. The third-order valence-electron chi connectivity index (χ3n) is 5.37. The van der Waals surface area contributed by atoms with Crippen LogP contribution in [0.5, 0.6) is 5.75 Å². The largest absolute Gasteiger partial charge is 0.494 e. The average Bonchev–Trinajstić information content (AvgIpc) is 3.08. The van der Waals surface area contributed by atoms with Gasteiger partial charge in [0, 0.05) is 30.7 Å². The van der Waals surface area contributed by atoms with E-state index in [1.807, 2.05) is 12.1 Å². The molecule has 146 valence electrons. The SMILES string of the molecule is COc1cccnc1-c1ccc(CN2C[C@H](C(=O)O)C[C@@H](C(C)(C)C)C2)s1. The molecule has 27 heavy (non-hydrogen) atoms. The molecule has 3 rings (SSSR count). The highest BCUT2D eigenvalue weighted by atomic mass is 32.1. The Kier molecular flexibility index (Phi) is 5.86. The zero-order chi connectivity index (χ0) is 19.6.